The van der Waals surface area contributed by atoms with E-state index in [1.54, 1.807) is 25.4 Å². The van der Waals surface area contributed by atoms with Crippen molar-refractivity contribution in [3.8, 4) is 22.8 Å². The van der Waals surface area contributed by atoms with Crippen molar-refractivity contribution < 1.29 is 19.0 Å². The molecule has 1 N–H and O–H groups in total. The maximum Gasteiger partial charge on any atom is 0.407 e. The summed E-state index contributed by atoms with van der Waals surface area (Å²) in [6.45, 7) is 6.24. The molecule has 0 bridgehead atoms. The molecule has 0 saturated heterocycles. The second-order valence-electron chi connectivity index (χ2n) is 9.50. The van der Waals surface area contributed by atoms with Crippen LogP contribution in [0.5, 0.6) is 11.5 Å². The first-order valence-electron chi connectivity index (χ1n) is 12.0. The van der Waals surface area contributed by atoms with Crippen molar-refractivity contribution >= 4 is 32.9 Å². The summed E-state index contributed by atoms with van der Waals surface area (Å²) >= 11 is 3.50. The van der Waals surface area contributed by atoms with Crippen molar-refractivity contribution in [2.75, 3.05) is 13.7 Å². The zero-order valence-corrected chi connectivity index (χ0v) is 23.2. The monoisotopic (exact) mass is 580 g/mol. The molecule has 0 unspecified atom stereocenters. The van der Waals surface area contributed by atoms with E-state index in [4.69, 9.17) is 14.2 Å². The van der Waals surface area contributed by atoms with Crippen LogP contribution < -0.4 is 20.3 Å². The van der Waals surface area contributed by atoms with E-state index in [-0.39, 0.29) is 18.7 Å². The first kappa shape index (κ1) is 27.1. The van der Waals surface area contributed by atoms with E-state index in [0.717, 1.165) is 26.5 Å². The number of amides is 1. The van der Waals surface area contributed by atoms with Crippen molar-refractivity contribution in [3.63, 3.8) is 0 Å². The van der Waals surface area contributed by atoms with Gasteiger partial charge in [-0.15, -0.1) is 0 Å². The maximum absolute atomic E-state index is 12.5. The molecule has 4 aromatic rings. The Balaban J connectivity index is 1.45. The second kappa shape index (κ2) is 11.6. The van der Waals surface area contributed by atoms with Gasteiger partial charge in [0.2, 0.25) is 0 Å². The lowest BCUT2D eigenvalue weighted by atomic mass is 10.1. The first-order valence-corrected chi connectivity index (χ1v) is 12.8. The molecule has 198 valence electrons. The second-order valence-corrected chi connectivity index (χ2v) is 10.4. The Bertz CT molecular complexity index is 1510. The van der Waals surface area contributed by atoms with Crippen LogP contribution in [0.2, 0.25) is 0 Å². The number of fused-ring (bicyclic) bond motifs is 1. The SMILES string of the molecule is COc1cc2nccc(OCCn3nc(-c4cccc(CNC(=O)OC(C)(C)C)c4)ccc3=O)c2cc1Br. The Hall–Kier alpha value is -3.92. The summed E-state index contributed by atoms with van der Waals surface area (Å²) < 4.78 is 18.8. The molecule has 2 aromatic carbocycles. The molecule has 0 spiro atoms. The van der Waals surface area contributed by atoms with Gasteiger partial charge in [-0.3, -0.25) is 9.78 Å². The topological polar surface area (TPSA) is 105 Å². The Labute approximate surface area is 228 Å². The zero-order chi connectivity index (χ0) is 27.3. The number of alkyl carbamates (subject to hydrolysis) is 1. The van der Waals surface area contributed by atoms with Gasteiger partial charge >= 0.3 is 6.09 Å². The predicted molar refractivity (Wildman–Crippen MR) is 148 cm³/mol. The van der Waals surface area contributed by atoms with E-state index in [0.29, 0.717) is 23.7 Å². The fourth-order valence-corrected chi connectivity index (χ4v) is 4.24. The highest BCUT2D eigenvalue weighted by molar-refractivity contribution is 9.10. The number of rotatable bonds is 8. The Morgan fingerprint density at radius 2 is 1.89 bits per heavy atom. The number of hydrogen-bond donors (Lipinski definition) is 1. The maximum atomic E-state index is 12.5. The number of pyridine rings is 1. The number of hydrogen-bond acceptors (Lipinski definition) is 7. The Morgan fingerprint density at radius 1 is 1.08 bits per heavy atom. The average molecular weight is 581 g/mol. The highest BCUT2D eigenvalue weighted by Crippen LogP contribution is 2.33. The molecule has 1 amide bonds. The van der Waals surface area contributed by atoms with Gasteiger partial charge in [0.1, 0.15) is 23.7 Å². The smallest absolute Gasteiger partial charge is 0.407 e. The molecule has 2 aromatic heterocycles. The van der Waals surface area contributed by atoms with Gasteiger partial charge in [-0.25, -0.2) is 9.48 Å². The summed E-state index contributed by atoms with van der Waals surface area (Å²) in [6.07, 6.45) is 1.18. The van der Waals surface area contributed by atoms with E-state index in [2.05, 4.69) is 31.3 Å². The highest BCUT2D eigenvalue weighted by Gasteiger charge is 2.16. The van der Waals surface area contributed by atoms with Crippen LogP contribution in [0.3, 0.4) is 0 Å². The fourth-order valence-electron chi connectivity index (χ4n) is 3.74. The van der Waals surface area contributed by atoms with Gasteiger partial charge in [-0.1, -0.05) is 18.2 Å². The number of carbonyl (C=O) groups is 1. The van der Waals surface area contributed by atoms with Gasteiger partial charge in [-0.05, 0) is 66.5 Å². The Kier molecular flexibility index (Phi) is 8.31. The summed E-state index contributed by atoms with van der Waals surface area (Å²) in [5.41, 5.74) is 2.27. The molecule has 0 aliphatic rings. The third-order valence-electron chi connectivity index (χ3n) is 5.46. The van der Waals surface area contributed by atoms with Gasteiger partial charge < -0.3 is 19.5 Å². The number of methoxy groups -OCH3 is 1. The molecule has 9 nitrogen and oxygen atoms in total. The number of nitrogens with one attached hydrogen (secondary N) is 1. The fraction of sp³-hybridized carbons (Fsp3) is 0.286. The number of aromatic nitrogens is 3. The van der Waals surface area contributed by atoms with Gasteiger partial charge in [0, 0.05) is 35.8 Å². The van der Waals surface area contributed by atoms with E-state index < -0.39 is 11.7 Å². The van der Waals surface area contributed by atoms with Crippen molar-refractivity contribution in [1.82, 2.24) is 20.1 Å². The van der Waals surface area contributed by atoms with Gasteiger partial charge in [-0.2, -0.15) is 5.10 Å². The predicted octanol–water partition coefficient (Wildman–Crippen LogP) is 5.33. The van der Waals surface area contributed by atoms with Crippen molar-refractivity contribution in [1.29, 1.82) is 0 Å². The van der Waals surface area contributed by atoms with Crippen LogP contribution in [0.1, 0.15) is 26.3 Å². The summed E-state index contributed by atoms with van der Waals surface area (Å²) in [5.74, 6) is 1.33. The third kappa shape index (κ3) is 6.89. The van der Waals surface area contributed by atoms with Gasteiger partial charge in [0.15, 0.2) is 0 Å². The zero-order valence-electron chi connectivity index (χ0n) is 21.7. The number of ether oxygens (including phenoxy) is 3. The average Bonchev–Trinajstić information content (AvgIpc) is 2.87. The van der Waals surface area contributed by atoms with Crippen LogP contribution in [0.15, 0.2) is 70.1 Å². The minimum Gasteiger partial charge on any atom is -0.495 e. The van der Waals surface area contributed by atoms with E-state index in [9.17, 15) is 9.59 Å². The first-order chi connectivity index (χ1) is 18.1. The van der Waals surface area contributed by atoms with E-state index >= 15 is 0 Å². The third-order valence-corrected chi connectivity index (χ3v) is 6.08. The van der Waals surface area contributed by atoms with E-state index in [1.807, 2.05) is 57.2 Å². The van der Waals surface area contributed by atoms with Crippen molar-refractivity contribution in [2.24, 2.45) is 0 Å². The lowest BCUT2D eigenvalue weighted by Gasteiger charge is -2.19. The molecule has 0 saturated carbocycles. The minimum atomic E-state index is -0.567. The lowest BCUT2D eigenvalue weighted by Crippen LogP contribution is -2.32. The van der Waals surface area contributed by atoms with Crippen molar-refractivity contribution in [3.05, 3.63) is 81.2 Å². The molecular formula is C28H29BrN4O5. The normalized spacial score (nSPS) is 11.3. The summed E-state index contributed by atoms with van der Waals surface area (Å²) in [4.78, 5) is 28.9. The number of benzene rings is 2. The molecule has 0 aliphatic heterocycles. The largest absolute Gasteiger partial charge is 0.495 e. The molecule has 0 fully saturated rings. The summed E-state index contributed by atoms with van der Waals surface area (Å²) in [6, 6.07) is 16.3. The molecule has 10 heteroatoms. The minimum absolute atomic E-state index is 0.229. The number of halogens is 1. The van der Waals surface area contributed by atoms with Crippen LogP contribution in [0.25, 0.3) is 22.2 Å². The van der Waals surface area contributed by atoms with Gasteiger partial charge in [0.25, 0.3) is 5.56 Å². The standard InChI is InChI=1S/C28H29BrN4O5/c1-28(2,3)38-27(35)31-17-18-6-5-7-19(14-18)22-8-9-26(34)33(32-22)12-13-37-24-10-11-30-23-16-25(36-4)21(29)15-20(23)24/h5-11,14-16H,12-13,17H2,1-4H3,(H,31,35). The van der Waals surface area contributed by atoms with Crippen molar-refractivity contribution in [2.45, 2.75) is 39.5 Å². The molecule has 38 heavy (non-hydrogen) atoms. The summed E-state index contributed by atoms with van der Waals surface area (Å²) in [7, 11) is 1.60. The molecule has 4 rings (SSSR count). The Morgan fingerprint density at radius 3 is 2.66 bits per heavy atom. The van der Waals surface area contributed by atoms with E-state index in [1.165, 1.54) is 10.7 Å². The number of nitrogens with zero attached hydrogens (tertiary/aromatic N) is 3. The number of carbonyl (C=O) groups excluding carboxylic acids is 1. The molecule has 0 radical (unpaired) electrons. The van der Waals surface area contributed by atoms with Crippen LogP contribution in [0, 0.1) is 0 Å². The highest BCUT2D eigenvalue weighted by atomic mass is 79.9. The summed E-state index contributed by atoms with van der Waals surface area (Å²) in [5, 5.41) is 8.11. The van der Waals surface area contributed by atoms with Crippen LogP contribution in [-0.2, 0) is 17.8 Å². The van der Waals surface area contributed by atoms with Crippen LogP contribution in [0.4, 0.5) is 4.79 Å². The van der Waals surface area contributed by atoms with Crippen LogP contribution >= 0.6 is 15.9 Å². The lowest BCUT2D eigenvalue weighted by molar-refractivity contribution is 0.0523. The molecule has 0 atom stereocenters. The molecular weight excluding hydrogens is 552 g/mol. The molecule has 2 heterocycles. The quantitative estimate of drug-likeness (QED) is 0.300. The van der Waals surface area contributed by atoms with Gasteiger partial charge in [0.05, 0.1) is 29.3 Å². The molecule has 0 aliphatic carbocycles. The van der Waals surface area contributed by atoms with Crippen LogP contribution in [-0.4, -0.2) is 40.2 Å².